The number of hydrogen-bond donors (Lipinski definition) is 0. The van der Waals surface area contributed by atoms with Crippen molar-refractivity contribution in [2.45, 2.75) is 340 Å². The first-order chi connectivity index (χ1) is 63.0. The smallest absolute Gasteiger partial charge is 0.309 e. The molecule has 16 aliphatic rings. The van der Waals surface area contributed by atoms with Gasteiger partial charge in [0, 0.05) is 33.5 Å². The van der Waals surface area contributed by atoms with Crippen LogP contribution in [0.25, 0.3) is 0 Å². The van der Waals surface area contributed by atoms with Crippen molar-refractivity contribution in [2.75, 3.05) is 85.9 Å². The van der Waals surface area contributed by atoms with Crippen molar-refractivity contribution in [3.63, 3.8) is 0 Å². The van der Waals surface area contributed by atoms with Crippen LogP contribution in [-0.4, -0.2) is 198 Å². The van der Waals surface area contributed by atoms with Gasteiger partial charge in [-0.1, -0.05) is 118 Å². The van der Waals surface area contributed by atoms with Crippen molar-refractivity contribution in [3.8, 4) is 23.0 Å². The first-order valence-corrected chi connectivity index (χ1v) is 49.5. The van der Waals surface area contributed by atoms with Crippen molar-refractivity contribution in [3.05, 3.63) is 119 Å². The predicted octanol–water partition coefficient (Wildman–Crippen LogP) is 18.4. The zero-order valence-corrected chi connectivity index (χ0v) is 81.8. The summed E-state index contributed by atoms with van der Waals surface area (Å²) in [6.45, 7) is 42.6. The van der Waals surface area contributed by atoms with Crippen LogP contribution in [0.1, 0.15) is 286 Å². The molecule has 23 unspecified atom stereocenters. The number of carbonyl (C=O) groups is 6. The lowest BCUT2D eigenvalue weighted by Gasteiger charge is -2.44. The molecule has 133 heavy (non-hydrogen) atoms. The van der Waals surface area contributed by atoms with Gasteiger partial charge in [-0.2, -0.15) is 0 Å². The molecule has 6 aliphatic carbocycles. The quantitative estimate of drug-likeness (QED) is 0.0196. The Bertz CT molecular complexity index is 4480. The van der Waals surface area contributed by atoms with Crippen LogP contribution in [0.5, 0.6) is 23.0 Å². The van der Waals surface area contributed by atoms with Gasteiger partial charge in [0.1, 0.15) is 62.1 Å². The number of fused-ring (bicyclic) bond motifs is 6. The van der Waals surface area contributed by atoms with Gasteiger partial charge in [-0.05, 0) is 235 Å². The van der Waals surface area contributed by atoms with Gasteiger partial charge in [-0.3, -0.25) is 28.8 Å². The van der Waals surface area contributed by atoms with Gasteiger partial charge in [0.15, 0.2) is 0 Å². The highest BCUT2D eigenvalue weighted by Gasteiger charge is 2.62. The summed E-state index contributed by atoms with van der Waals surface area (Å²) in [6, 6.07) is 32.8. The summed E-state index contributed by atoms with van der Waals surface area (Å²) in [5.41, 5.74) is 5.34. The van der Waals surface area contributed by atoms with Gasteiger partial charge in [0.2, 0.25) is 0 Å². The van der Waals surface area contributed by atoms with E-state index in [1.807, 2.05) is 69.3 Å². The molecule has 0 aromatic heterocycles. The number of benzene rings is 4. The molecule has 16 fully saturated rings. The van der Waals surface area contributed by atoms with E-state index in [4.69, 9.17) is 94.7 Å². The predicted molar refractivity (Wildman–Crippen MR) is 490 cm³/mol. The molecule has 10 aliphatic heterocycles. The van der Waals surface area contributed by atoms with Gasteiger partial charge < -0.3 is 94.7 Å². The second-order valence-corrected chi connectivity index (χ2v) is 45.7. The second-order valence-electron chi connectivity index (χ2n) is 45.7. The zero-order valence-electron chi connectivity index (χ0n) is 81.8. The molecule has 20 rings (SSSR count). The minimum atomic E-state index is -0.399. The summed E-state index contributed by atoms with van der Waals surface area (Å²) in [4.78, 5) is 73.0. The maximum absolute atomic E-state index is 12.4. The van der Waals surface area contributed by atoms with Crippen LogP contribution in [0, 0.1) is 62.6 Å². The topological polar surface area (TPSA) is 307 Å². The summed E-state index contributed by atoms with van der Waals surface area (Å²) in [6.07, 6.45) is 17.6. The fraction of sp³-hybridized carbons (Fsp3) is 0.720. The fourth-order valence-electron chi connectivity index (χ4n) is 21.1. The lowest BCUT2D eigenvalue weighted by molar-refractivity contribution is -0.172. The van der Waals surface area contributed by atoms with Gasteiger partial charge in [-0.25, -0.2) is 0 Å². The number of rotatable bonds is 31. The van der Waals surface area contributed by atoms with Crippen LogP contribution < -0.4 is 18.9 Å². The van der Waals surface area contributed by atoms with E-state index in [9.17, 15) is 28.8 Å². The molecule has 0 amide bonds. The maximum atomic E-state index is 12.4. The zero-order chi connectivity index (χ0) is 94.5. The summed E-state index contributed by atoms with van der Waals surface area (Å²) in [5.74, 6) is 2.06. The van der Waals surface area contributed by atoms with E-state index in [0.29, 0.717) is 39.5 Å². The summed E-state index contributed by atoms with van der Waals surface area (Å²) < 4.78 is 112. The molecule has 4 aromatic carbocycles. The molecule has 4 aromatic rings. The van der Waals surface area contributed by atoms with E-state index >= 15 is 0 Å². The third-order valence-electron chi connectivity index (χ3n) is 31.2. The van der Waals surface area contributed by atoms with E-state index in [0.717, 1.165) is 165 Å². The highest BCUT2D eigenvalue weighted by molar-refractivity contribution is 5.75. The number of ether oxygens (including phenoxy) is 20. The fourth-order valence-corrected chi connectivity index (χ4v) is 21.1. The highest BCUT2D eigenvalue weighted by Crippen LogP contribution is 2.57. The number of epoxide rings is 6. The van der Waals surface area contributed by atoms with Gasteiger partial charge in [0.25, 0.3) is 0 Å². The molecule has 6 saturated carbocycles. The first kappa shape index (κ1) is 98.5. The van der Waals surface area contributed by atoms with Crippen LogP contribution in [0.2, 0.25) is 0 Å². The summed E-state index contributed by atoms with van der Waals surface area (Å²) in [5, 5.41) is 0. The van der Waals surface area contributed by atoms with Crippen molar-refractivity contribution in [2.24, 2.45) is 62.6 Å². The minimum absolute atomic E-state index is 0.00627. The molecule has 26 heteroatoms. The molecule has 0 N–H and O–H groups in total. The van der Waals surface area contributed by atoms with Crippen molar-refractivity contribution in [1.29, 1.82) is 0 Å². The highest BCUT2D eigenvalue weighted by atomic mass is 16.6. The number of carbonyl (C=O) groups excluding carboxylic acids is 6. The molecule has 732 valence electrons. The van der Waals surface area contributed by atoms with Crippen LogP contribution >= 0.6 is 0 Å². The Morgan fingerprint density at radius 1 is 0.308 bits per heavy atom. The Morgan fingerprint density at radius 3 is 0.759 bits per heavy atom. The Labute approximate surface area is 786 Å². The van der Waals surface area contributed by atoms with Crippen molar-refractivity contribution >= 4 is 35.8 Å². The average Bonchev–Trinajstić information content (AvgIpc) is 1.62. The van der Waals surface area contributed by atoms with E-state index in [-0.39, 0.29) is 220 Å². The van der Waals surface area contributed by atoms with Gasteiger partial charge in [0.05, 0.1) is 183 Å². The molecule has 10 heterocycles. The molecular weight excluding hydrogens is 1700 g/mol. The Balaban J connectivity index is 0.000000121. The molecule has 23 atom stereocenters. The Morgan fingerprint density at radius 2 is 0.534 bits per heavy atom. The van der Waals surface area contributed by atoms with E-state index in [1.165, 1.54) is 22.3 Å². The van der Waals surface area contributed by atoms with E-state index in [2.05, 4.69) is 145 Å². The molecule has 0 radical (unpaired) electrons. The number of esters is 6. The van der Waals surface area contributed by atoms with Crippen molar-refractivity contribution < 1.29 is 124 Å². The molecule has 0 spiro atoms. The summed E-state index contributed by atoms with van der Waals surface area (Å²) >= 11 is 0. The van der Waals surface area contributed by atoms with Crippen molar-refractivity contribution in [1.82, 2.24) is 0 Å². The van der Waals surface area contributed by atoms with Crippen LogP contribution in [0.15, 0.2) is 97.1 Å². The summed E-state index contributed by atoms with van der Waals surface area (Å²) in [7, 11) is 0. The minimum Gasteiger partial charge on any atom is -0.490 e. The van der Waals surface area contributed by atoms with Crippen LogP contribution in [0.3, 0.4) is 0 Å². The molecular formula is C107H148O26. The molecule has 10 saturated heterocycles. The van der Waals surface area contributed by atoms with Crippen LogP contribution in [0.4, 0.5) is 0 Å². The lowest BCUT2D eigenvalue weighted by atomic mass is 9.79. The molecule has 0 bridgehead atoms. The largest absolute Gasteiger partial charge is 0.490 e. The monoisotopic (exact) mass is 1850 g/mol. The maximum Gasteiger partial charge on any atom is 0.309 e. The molecule has 26 nitrogen and oxygen atoms in total. The Kier molecular flexibility index (Phi) is 29.2. The second kappa shape index (κ2) is 39.4. The van der Waals surface area contributed by atoms with Crippen LogP contribution in [-0.2, 0) is 105 Å². The first-order valence-electron chi connectivity index (χ1n) is 49.5. The van der Waals surface area contributed by atoms with E-state index in [1.54, 1.807) is 0 Å². The van der Waals surface area contributed by atoms with Gasteiger partial charge >= 0.3 is 35.8 Å². The average molecular weight is 1850 g/mol. The SMILES string of the molecule is CC(C)(COC(=O)C1CCC2(C)OC2C1)COC(=O)C1CCC2(C)OC2C1.CC(COc1ccc(C2OCC2(C)C)cc1)Oc1ccc(C2OCC2(C)C)cc1.CC1(C)COC1c1ccc(OCCOc2ccc(C3OCC3(C)C)cc2)cc1.CC12CCC(C(=O)OCCCOC(=O)C3CCC4(C)OC4C3)CC1O2.CC12CCC(C(=O)OCCOC(=O)C3CCC4(C)OC4C3)CC1O2. The normalized spacial score (nSPS) is 35.9. The standard InChI is InChI=1S/C25H32O4.C24H30O4.C21H32O6.C19H28O6.C18H26O6/c1-17(29-21-12-8-19(9-13-21)23-25(4,5)16-28-23)14-26-20-10-6-18(7-11-20)22-24(2,3)15-27-22;1-23(2)15-27-21(23)17-5-9-19(10-6-17)25-13-14-26-20-11-7-18(8-12-20)22-24(3,4)16-28-22;1-19(2,11-24-17(22)13-5-7-20(3)15(9-13)26-20)12-25-18(23)14-6-8-21(4)16(10-14)27-21;1-18-6-4-12(10-14(18)24-18)16(20)22-8-3-9-23-17(21)13-5-7-19(2)15(11-13)25-19;1-17-5-3-11(9-13(17)23-17)15(19)21-7-8-22-16(20)12-4-6-18(2)14(10-12)24-18/h6-13,17,22-23H,14-16H2,1-5H3;5-12,21-22H,13-16H2,1-4H3;13-16H,5-12H2,1-4H3;12-15H,3-11H2,1-2H3;11-14H,3-10H2,1-2H3. The third kappa shape index (κ3) is 24.3. The number of hydrogen-bond acceptors (Lipinski definition) is 26. The Hall–Kier alpha value is -7.50. The van der Waals surface area contributed by atoms with Gasteiger partial charge in [-0.15, -0.1) is 0 Å². The lowest BCUT2D eigenvalue weighted by Crippen LogP contribution is -2.40. The van der Waals surface area contributed by atoms with E-state index < -0.39 is 5.41 Å². The third-order valence-corrected chi connectivity index (χ3v) is 31.2.